The summed E-state index contributed by atoms with van der Waals surface area (Å²) in [5.41, 5.74) is 5.99. The van der Waals surface area contributed by atoms with Crippen LogP contribution in [0, 0.1) is 0 Å². The van der Waals surface area contributed by atoms with Gasteiger partial charge in [0, 0.05) is 37.8 Å². The van der Waals surface area contributed by atoms with Gasteiger partial charge in [-0.25, -0.2) is 0 Å². The molecule has 4 nitrogen and oxygen atoms in total. The number of hydrogen-bond donors (Lipinski definition) is 1. The minimum atomic E-state index is -0.0695. The minimum Gasteiger partial charge on any atom is -0.379 e. The zero-order chi connectivity index (χ0) is 11.6. The molecule has 2 N–H and O–H groups in total. The van der Waals surface area contributed by atoms with E-state index in [-0.39, 0.29) is 17.9 Å². The number of nitrogens with two attached hydrogens (primary N) is 1. The Labute approximate surface area is 111 Å². The van der Waals surface area contributed by atoms with E-state index in [1.807, 2.05) is 0 Å². The lowest BCUT2D eigenvalue weighted by Crippen LogP contribution is -2.47. The smallest absolute Gasteiger partial charge is 0.0594 e. The van der Waals surface area contributed by atoms with E-state index in [0.29, 0.717) is 0 Å². The van der Waals surface area contributed by atoms with E-state index in [9.17, 15) is 0 Å². The van der Waals surface area contributed by atoms with E-state index in [0.717, 1.165) is 38.9 Å². The van der Waals surface area contributed by atoms with Crippen LogP contribution in [0.2, 0.25) is 0 Å². The fourth-order valence-corrected chi connectivity index (χ4v) is 2.77. The van der Waals surface area contributed by atoms with Crippen LogP contribution in [-0.4, -0.2) is 67.3 Å². The average Bonchev–Trinajstić information content (AvgIpc) is 2.65. The molecule has 0 aromatic heterocycles. The minimum absolute atomic E-state index is 0. The molecule has 2 saturated heterocycles. The third-order valence-electron chi connectivity index (χ3n) is 3.44. The van der Waals surface area contributed by atoms with Gasteiger partial charge in [0.1, 0.15) is 0 Å². The Morgan fingerprint density at radius 2 is 1.88 bits per heavy atom. The molecule has 2 heterocycles. The van der Waals surface area contributed by atoms with Crippen LogP contribution >= 0.6 is 12.4 Å². The van der Waals surface area contributed by atoms with Crippen LogP contribution < -0.4 is 5.73 Å². The fourth-order valence-electron chi connectivity index (χ4n) is 2.77. The maximum absolute atomic E-state index is 6.06. The van der Waals surface area contributed by atoms with Gasteiger partial charge in [0.25, 0.3) is 0 Å². The number of likely N-dealkylation sites (tertiary alicyclic amines) is 1. The van der Waals surface area contributed by atoms with Gasteiger partial charge in [-0.2, -0.15) is 0 Å². The molecule has 17 heavy (non-hydrogen) atoms. The Morgan fingerprint density at radius 3 is 2.47 bits per heavy atom. The molecule has 0 spiro atoms. The second-order valence-electron chi connectivity index (χ2n) is 5.81. The highest BCUT2D eigenvalue weighted by Gasteiger charge is 2.30. The highest BCUT2D eigenvalue weighted by atomic mass is 35.5. The van der Waals surface area contributed by atoms with E-state index < -0.39 is 0 Å². The van der Waals surface area contributed by atoms with Gasteiger partial charge in [0.15, 0.2) is 0 Å². The molecule has 0 aromatic carbocycles. The molecule has 1 atom stereocenters. The molecule has 5 heteroatoms. The lowest BCUT2D eigenvalue weighted by atomic mass is 10.1. The van der Waals surface area contributed by atoms with Crippen LogP contribution in [-0.2, 0) is 4.74 Å². The molecule has 1 unspecified atom stereocenters. The molecule has 0 aromatic rings. The van der Waals surface area contributed by atoms with Crippen molar-refractivity contribution < 1.29 is 4.74 Å². The number of hydrogen-bond acceptors (Lipinski definition) is 4. The highest BCUT2D eigenvalue weighted by Crippen LogP contribution is 2.18. The summed E-state index contributed by atoms with van der Waals surface area (Å²) >= 11 is 0. The molecule has 0 saturated carbocycles. The van der Waals surface area contributed by atoms with Gasteiger partial charge in [-0.1, -0.05) is 0 Å². The third kappa shape index (κ3) is 4.72. The first-order valence-corrected chi connectivity index (χ1v) is 6.38. The van der Waals surface area contributed by atoms with Gasteiger partial charge in [-0.3, -0.25) is 9.80 Å². The van der Waals surface area contributed by atoms with Crippen molar-refractivity contribution in [2.75, 3.05) is 45.9 Å². The predicted molar refractivity (Wildman–Crippen MR) is 72.8 cm³/mol. The van der Waals surface area contributed by atoms with E-state index in [1.54, 1.807) is 0 Å². The van der Waals surface area contributed by atoms with Gasteiger partial charge >= 0.3 is 0 Å². The van der Waals surface area contributed by atoms with Gasteiger partial charge in [0.2, 0.25) is 0 Å². The molecule has 2 aliphatic heterocycles. The predicted octanol–water partition coefficient (Wildman–Crippen LogP) is 0.552. The Morgan fingerprint density at radius 1 is 1.24 bits per heavy atom. The van der Waals surface area contributed by atoms with Crippen molar-refractivity contribution in [3.8, 4) is 0 Å². The molecule has 102 valence electrons. The van der Waals surface area contributed by atoms with Crippen molar-refractivity contribution in [2.24, 2.45) is 5.73 Å². The quantitative estimate of drug-likeness (QED) is 0.808. The zero-order valence-corrected chi connectivity index (χ0v) is 11.8. The van der Waals surface area contributed by atoms with E-state index >= 15 is 0 Å². The highest BCUT2D eigenvalue weighted by molar-refractivity contribution is 5.85. The Kier molecular flexibility index (Phi) is 5.67. The fraction of sp³-hybridized carbons (Fsp3) is 1.00. The molecule has 0 bridgehead atoms. The van der Waals surface area contributed by atoms with E-state index in [2.05, 4.69) is 23.6 Å². The molecule has 0 amide bonds. The van der Waals surface area contributed by atoms with Crippen LogP contribution in [0.3, 0.4) is 0 Å². The SMILES string of the molecule is CC(C)(N)CN1CCC(N2CCOCC2)C1.Cl. The maximum Gasteiger partial charge on any atom is 0.0594 e. The topological polar surface area (TPSA) is 41.7 Å². The number of nitrogens with zero attached hydrogens (tertiary/aromatic N) is 2. The summed E-state index contributed by atoms with van der Waals surface area (Å²) in [6.45, 7) is 11.6. The van der Waals surface area contributed by atoms with Gasteiger partial charge in [0.05, 0.1) is 13.2 Å². The number of halogens is 1. The summed E-state index contributed by atoms with van der Waals surface area (Å²) in [6.07, 6.45) is 1.29. The summed E-state index contributed by atoms with van der Waals surface area (Å²) < 4.78 is 5.39. The molecule has 2 fully saturated rings. The number of rotatable bonds is 3. The molecule has 2 rings (SSSR count). The first-order valence-electron chi connectivity index (χ1n) is 6.38. The van der Waals surface area contributed by atoms with Gasteiger partial charge < -0.3 is 10.5 Å². The average molecular weight is 264 g/mol. The van der Waals surface area contributed by atoms with Crippen LogP contribution in [0.15, 0.2) is 0 Å². The van der Waals surface area contributed by atoms with Gasteiger partial charge in [-0.05, 0) is 26.8 Å². The first kappa shape index (κ1) is 15.2. The molecule has 0 radical (unpaired) electrons. The third-order valence-corrected chi connectivity index (χ3v) is 3.44. The Hall–Kier alpha value is 0.130. The molecular weight excluding hydrogens is 238 g/mol. The van der Waals surface area contributed by atoms with Crippen LogP contribution in [0.4, 0.5) is 0 Å². The second-order valence-corrected chi connectivity index (χ2v) is 5.81. The summed E-state index contributed by atoms with van der Waals surface area (Å²) in [6, 6.07) is 0.728. The van der Waals surface area contributed by atoms with Crippen molar-refractivity contribution in [3.05, 3.63) is 0 Å². The standard InChI is InChI=1S/C12H25N3O.ClH/c1-12(2,13)10-14-4-3-11(9-14)15-5-7-16-8-6-15;/h11H,3-10,13H2,1-2H3;1H. The lowest BCUT2D eigenvalue weighted by molar-refractivity contribution is 0.0182. The molecular formula is C12H26ClN3O. The van der Waals surface area contributed by atoms with Crippen molar-refractivity contribution in [1.82, 2.24) is 9.80 Å². The van der Waals surface area contributed by atoms with Crippen molar-refractivity contribution in [1.29, 1.82) is 0 Å². The molecule has 2 aliphatic rings. The summed E-state index contributed by atoms with van der Waals surface area (Å²) in [7, 11) is 0. The van der Waals surface area contributed by atoms with Crippen molar-refractivity contribution in [3.63, 3.8) is 0 Å². The second kappa shape index (κ2) is 6.34. The largest absolute Gasteiger partial charge is 0.379 e. The van der Waals surface area contributed by atoms with Crippen molar-refractivity contribution in [2.45, 2.75) is 31.8 Å². The Bertz CT molecular complexity index is 226. The maximum atomic E-state index is 6.06. The lowest BCUT2D eigenvalue weighted by Gasteiger charge is -2.33. The normalized spacial score (nSPS) is 28.1. The van der Waals surface area contributed by atoms with Crippen LogP contribution in [0.5, 0.6) is 0 Å². The van der Waals surface area contributed by atoms with E-state index in [4.69, 9.17) is 10.5 Å². The van der Waals surface area contributed by atoms with Crippen molar-refractivity contribution >= 4 is 12.4 Å². The number of ether oxygens (including phenoxy) is 1. The monoisotopic (exact) mass is 263 g/mol. The number of morpholine rings is 1. The Balaban J connectivity index is 0.00000144. The molecule has 0 aliphatic carbocycles. The van der Waals surface area contributed by atoms with Crippen LogP contribution in [0.25, 0.3) is 0 Å². The summed E-state index contributed by atoms with van der Waals surface area (Å²) in [4.78, 5) is 5.08. The van der Waals surface area contributed by atoms with Gasteiger partial charge in [-0.15, -0.1) is 12.4 Å². The summed E-state index contributed by atoms with van der Waals surface area (Å²) in [5.74, 6) is 0. The van der Waals surface area contributed by atoms with E-state index in [1.165, 1.54) is 19.5 Å². The first-order chi connectivity index (χ1) is 7.54. The van der Waals surface area contributed by atoms with Crippen LogP contribution in [0.1, 0.15) is 20.3 Å². The zero-order valence-electron chi connectivity index (χ0n) is 11.0. The summed E-state index contributed by atoms with van der Waals surface area (Å²) in [5, 5.41) is 0.